The summed E-state index contributed by atoms with van der Waals surface area (Å²) in [6.45, 7) is 4.18. The second-order valence-electron chi connectivity index (χ2n) is 4.94. The van der Waals surface area contributed by atoms with Gasteiger partial charge in [0.05, 0.1) is 4.90 Å². The highest BCUT2D eigenvalue weighted by molar-refractivity contribution is 7.92. The van der Waals surface area contributed by atoms with Crippen molar-refractivity contribution < 1.29 is 13.1 Å². The molecule has 2 rings (SSSR count). The number of nitrogens with one attached hydrogen (secondary N) is 1. The van der Waals surface area contributed by atoms with E-state index in [1.54, 1.807) is 12.1 Å². The van der Waals surface area contributed by atoms with Gasteiger partial charge in [-0.05, 0) is 36.1 Å². The Labute approximate surface area is 124 Å². The summed E-state index contributed by atoms with van der Waals surface area (Å²) < 4.78 is 27.4. The third kappa shape index (κ3) is 3.72. The molecule has 2 aromatic rings. The highest BCUT2D eigenvalue weighted by Crippen LogP contribution is 2.21. The maximum Gasteiger partial charge on any atom is 0.262 e. The maximum atomic E-state index is 12.2. The molecule has 0 spiro atoms. The number of rotatable bonds is 5. The van der Waals surface area contributed by atoms with Gasteiger partial charge < -0.3 is 5.21 Å². The van der Waals surface area contributed by atoms with Crippen LogP contribution in [0.5, 0.6) is 0 Å². The molecule has 1 unspecified atom stereocenters. The molecule has 0 bridgehead atoms. The molecule has 0 saturated heterocycles. The van der Waals surface area contributed by atoms with Crippen LogP contribution in [-0.2, 0) is 10.0 Å². The first-order valence-corrected chi connectivity index (χ1v) is 8.22. The first-order valence-electron chi connectivity index (χ1n) is 6.74. The van der Waals surface area contributed by atoms with E-state index in [0.29, 0.717) is 10.6 Å². The van der Waals surface area contributed by atoms with Gasteiger partial charge in [-0.1, -0.05) is 26.0 Å². The molecule has 0 aliphatic heterocycles. The zero-order valence-electron chi connectivity index (χ0n) is 12.0. The Morgan fingerprint density at radius 2 is 1.90 bits per heavy atom. The fourth-order valence-corrected chi connectivity index (χ4v) is 2.98. The van der Waals surface area contributed by atoms with E-state index in [1.165, 1.54) is 24.5 Å². The zero-order valence-corrected chi connectivity index (χ0v) is 12.8. The van der Waals surface area contributed by atoms with E-state index < -0.39 is 10.0 Å². The molecule has 0 amide bonds. The predicted octanol–water partition coefficient (Wildman–Crippen LogP) is 2.63. The average Bonchev–Trinajstić information content (AvgIpc) is 2.46. The Morgan fingerprint density at radius 1 is 1.24 bits per heavy atom. The Balaban J connectivity index is 2.23. The molecular formula is C15H18N2O3S. The molecule has 112 valence electrons. The van der Waals surface area contributed by atoms with Crippen LogP contribution in [0.1, 0.15) is 31.7 Å². The van der Waals surface area contributed by atoms with Gasteiger partial charge in [0.1, 0.15) is 5.69 Å². The molecule has 1 aromatic carbocycles. The summed E-state index contributed by atoms with van der Waals surface area (Å²) in [4.78, 5) is 0.177. The van der Waals surface area contributed by atoms with E-state index in [9.17, 15) is 13.6 Å². The minimum absolute atomic E-state index is 0.177. The van der Waals surface area contributed by atoms with Crippen molar-refractivity contribution in [3.63, 3.8) is 0 Å². The van der Waals surface area contributed by atoms with Gasteiger partial charge in [-0.25, -0.2) is 8.42 Å². The van der Waals surface area contributed by atoms with Gasteiger partial charge in [0.2, 0.25) is 6.20 Å². The van der Waals surface area contributed by atoms with E-state index >= 15 is 0 Å². The monoisotopic (exact) mass is 306 g/mol. The molecule has 0 aliphatic carbocycles. The lowest BCUT2D eigenvalue weighted by Gasteiger charge is -2.11. The third-order valence-electron chi connectivity index (χ3n) is 3.40. The lowest BCUT2D eigenvalue weighted by Crippen LogP contribution is -2.25. The molecule has 21 heavy (non-hydrogen) atoms. The minimum atomic E-state index is -3.68. The van der Waals surface area contributed by atoms with Gasteiger partial charge in [-0.2, -0.15) is 4.73 Å². The van der Waals surface area contributed by atoms with Crippen molar-refractivity contribution >= 4 is 15.7 Å². The maximum absolute atomic E-state index is 12.2. The molecule has 0 saturated carbocycles. The Bertz CT molecular complexity index is 712. The Hall–Kier alpha value is -2.08. The summed E-state index contributed by atoms with van der Waals surface area (Å²) >= 11 is 0. The van der Waals surface area contributed by atoms with Crippen molar-refractivity contribution in [2.75, 3.05) is 4.72 Å². The molecule has 1 aromatic heterocycles. The fourth-order valence-electron chi connectivity index (χ4n) is 1.94. The molecule has 1 atom stereocenters. The van der Waals surface area contributed by atoms with E-state index in [1.807, 2.05) is 12.1 Å². The topological polar surface area (TPSA) is 73.1 Å². The first-order chi connectivity index (χ1) is 9.92. The normalized spacial score (nSPS) is 12.9. The SMILES string of the molecule is CCC(C)c1ccc(S(=O)(=O)Nc2ccc[n+]([O-])c2)cc1. The van der Waals surface area contributed by atoms with Crippen LogP contribution in [0.25, 0.3) is 0 Å². The third-order valence-corrected chi connectivity index (χ3v) is 4.80. The summed E-state index contributed by atoms with van der Waals surface area (Å²) in [5.41, 5.74) is 1.34. The average molecular weight is 306 g/mol. The van der Waals surface area contributed by atoms with Crippen LogP contribution >= 0.6 is 0 Å². The summed E-state index contributed by atoms with van der Waals surface area (Å²) in [6.07, 6.45) is 3.46. The van der Waals surface area contributed by atoms with Crippen LogP contribution in [0, 0.1) is 5.21 Å². The lowest BCUT2D eigenvalue weighted by molar-refractivity contribution is -0.604. The van der Waals surface area contributed by atoms with Crippen LogP contribution in [0.15, 0.2) is 53.7 Å². The summed E-state index contributed by atoms with van der Waals surface area (Å²) in [7, 11) is -3.68. The highest BCUT2D eigenvalue weighted by atomic mass is 32.2. The summed E-state index contributed by atoms with van der Waals surface area (Å²) in [5, 5.41) is 11.1. The fraction of sp³-hybridized carbons (Fsp3) is 0.267. The van der Waals surface area contributed by atoms with Crippen LogP contribution in [-0.4, -0.2) is 8.42 Å². The van der Waals surface area contributed by atoms with Crippen molar-refractivity contribution in [1.82, 2.24) is 0 Å². The van der Waals surface area contributed by atoms with E-state index in [-0.39, 0.29) is 10.6 Å². The molecule has 1 heterocycles. The van der Waals surface area contributed by atoms with E-state index in [2.05, 4.69) is 18.6 Å². The minimum Gasteiger partial charge on any atom is -0.619 e. The second-order valence-corrected chi connectivity index (χ2v) is 6.62. The van der Waals surface area contributed by atoms with Crippen LogP contribution < -0.4 is 9.45 Å². The van der Waals surface area contributed by atoms with Gasteiger partial charge in [0.25, 0.3) is 10.0 Å². The van der Waals surface area contributed by atoms with Crippen molar-refractivity contribution in [3.8, 4) is 0 Å². The van der Waals surface area contributed by atoms with Crippen molar-refractivity contribution in [3.05, 3.63) is 59.6 Å². The van der Waals surface area contributed by atoms with Crippen molar-refractivity contribution in [2.24, 2.45) is 0 Å². The van der Waals surface area contributed by atoms with E-state index in [0.717, 1.165) is 12.0 Å². The Morgan fingerprint density at radius 3 is 2.48 bits per heavy atom. The number of nitrogens with zero attached hydrogens (tertiary/aromatic N) is 1. The smallest absolute Gasteiger partial charge is 0.262 e. The number of hydrogen-bond donors (Lipinski definition) is 1. The van der Waals surface area contributed by atoms with Crippen molar-refractivity contribution in [2.45, 2.75) is 31.1 Å². The zero-order chi connectivity index (χ0) is 15.5. The molecule has 0 aliphatic rings. The standard InChI is InChI=1S/C15H18N2O3S/c1-3-12(2)13-6-8-15(9-7-13)21(19,20)16-14-5-4-10-17(18)11-14/h4-12,16H,3H2,1-2H3. The summed E-state index contributed by atoms with van der Waals surface area (Å²) in [5.74, 6) is 0.392. The molecule has 6 heteroatoms. The first kappa shape index (κ1) is 15.3. The number of pyridine rings is 1. The van der Waals surface area contributed by atoms with Crippen molar-refractivity contribution in [1.29, 1.82) is 0 Å². The van der Waals surface area contributed by atoms with Gasteiger partial charge in [0.15, 0.2) is 6.20 Å². The van der Waals surface area contributed by atoms with Gasteiger partial charge in [0, 0.05) is 6.07 Å². The van der Waals surface area contributed by atoms with Gasteiger partial charge in [-0.3, -0.25) is 4.72 Å². The lowest BCUT2D eigenvalue weighted by atomic mass is 9.99. The number of benzene rings is 1. The Kier molecular flexibility index (Phi) is 4.47. The van der Waals surface area contributed by atoms with E-state index in [4.69, 9.17) is 0 Å². The summed E-state index contributed by atoms with van der Waals surface area (Å²) in [6, 6.07) is 9.81. The molecule has 5 nitrogen and oxygen atoms in total. The van der Waals surface area contributed by atoms with Crippen LogP contribution in [0.2, 0.25) is 0 Å². The quantitative estimate of drug-likeness (QED) is 0.681. The van der Waals surface area contributed by atoms with Crippen LogP contribution in [0.3, 0.4) is 0 Å². The number of hydrogen-bond acceptors (Lipinski definition) is 3. The number of aromatic nitrogens is 1. The van der Waals surface area contributed by atoms with Gasteiger partial charge >= 0.3 is 0 Å². The molecule has 1 N–H and O–H groups in total. The largest absolute Gasteiger partial charge is 0.619 e. The van der Waals surface area contributed by atoms with Gasteiger partial charge in [-0.15, -0.1) is 0 Å². The second kappa shape index (κ2) is 6.13. The van der Waals surface area contributed by atoms with Crippen LogP contribution in [0.4, 0.5) is 5.69 Å². The molecule has 0 radical (unpaired) electrons. The molecule has 0 fully saturated rings. The number of anilines is 1. The molecular weight excluding hydrogens is 288 g/mol. The predicted molar refractivity (Wildman–Crippen MR) is 81.4 cm³/mol. The number of sulfonamides is 1. The highest BCUT2D eigenvalue weighted by Gasteiger charge is 2.15.